The van der Waals surface area contributed by atoms with E-state index >= 15 is 0 Å². The van der Waals surface area contributed by atoms with Gasteiger partial charge in [-0.25, -0.2) is 0 Å². The predicted molar refractivity (Wildman–Crippen MR) is 55.1 cm³/mol. The van der Waals surface area contributed by atoms with Crippen LogP contribution in [0.4, 0.5) is 0 Å². The van der Waals surface area contributed by atoms with Crippen molar-refractivity contribution in [3.63, 3.8) is 0 Å². The van der Waals surface area contributed by atoms with Crippen molar-refractivity contribution in [2.45, 2.75) is 40.0 Å². The van der Waals surface area contributed by atoms with Gasteiger partial charge in [0.05, 0.1) is 6.54 Å². The van der Waals surface area contributed by atoms with E-state index in [1.807, 2.05) is 0 Å². The third-order valence-corrected chi connectivity index (χ3v) is 1.98. The normalized spacial score (nSPS) is 9.67. The minimum Gasteiger partial charge on any atom is -0.293 e. The Morgan fingerprint density at radius 3 is 2.17 bits per heavy atom. The fourth-order valence-corrected chi connectivity index (χ4v) is 0.968. The Morgan fingerprint density at radius 1 is 1.00 bits per heavy atom. The first kappa shape index (κ1) is 11.5. The van der Waals surface area contributed by atoms with Crippen LogP contribution in [0.1, 0.15) is 40.0 Å². The summed E-state index contributed by atoms with van der Waals surface area (Å²) in [6.07, 6.45) is 3.56. The van der Waals surface area contributed by atoms with Crippen molar-refractivity contribution in [3.05, 3.63) is 0 Å². The zero-order valence-corrected chi connectivity index (χ0v) is 8.69. The van der Waals surface area contributed by atoms with Crippen LogP contribution in [0, 0.1) is 11.8 Å². The average Bonchev–Trinajstić information content (AvgIpc) is 2.11. The van der Waals surface area contributed by atoms with Crippen molar-refractivity contribution in [2.75, 3.05) is 19.6 Å². The molecule has 0 aromatic heterocycles. The molecule has 0 radical (unpaired) electrons. The van der Waals surface area contributed by atoms with Crippen LogP contribution in [0.3, 0.4) is 0 Å². The van der Waals surface area contributed by atoms with Gasteiger partial charge in [0.2, 0.25) is 0 Å². The van der Waals surface area contributed by atoms with E-state index in [1.165, 1.54) is 12.8 Å². The molecule has 0 aliphatic carbocycles. The zero-order valence-electron chi connectivity index (χ0n) is 8.69. The summed E-state index contributed by atoms with van der Waals surface area (Å²) in [4.78, 5) is 2.33. The molecule has 0 aromatic carbocycles. The highest BCUT2D eigenvalue weighted by Gasteiger charge is 1.92. The maximum Gasteiger partial charge on any atom is 0.0601 e. The molecule has 0 saturated carbocycles. The van der Waals surface area contributed by atoms with E-state index in [0.717, 1.165) is 26.1 Å². The second kappa shape index (κ2) is 8.62. The Bertz CT molecular complexity index is 137. The largest absolute Gasteiger partial charge is 0.293 e. The van der Waals surface area contributed by atoms with Crippen LogP contribution in [-0.2, 0) is 0 Å². The van der Waals surface area contributed by atoms with E-state index in [0.29, 0.717) is 0 Å². The van der Waals surface area contributed by atoms with Gasteiger partial charge in [-0.1, -0.05) is 33.1 Å². The molecule has 0 heterocycles. The standard InChI is InChI=1S/C11H21N/c1-4-7-8-9-10-11-12(5-2)6-3/h4-8,11H2,1-3H3. The molecule has 0 fully saturated rings. The molecule has 70 valence electrons. The van der Waals surface area contributed by atoms with Crippen molar-refractivity contribution in [3.8, 4) is 11.8 Å². The van der Waals surface area contributed by atoms with Gasteiger partial charge in [0.15, 0.2) is 0 Å². The molecular weight excluding hydrogens is 146 g/mol. The molecule has 0 aliphatic heterocycles. The molecule has 1 nitrogen and oxygen atoms in total. The Labute approximate surface area is 77.1 Å². The van der Waals surface area contributed by atoms with Gasteiger partial charge in [-0.15, -0.1) is 5.92 Å². The van der Waals surface area contributed by atoms with E-state index in [2.05, 4.69) is 37.5 Å². The minimum absolute atomic E-state index is 0.941. The minimum atomic E-state index is 0.941. The molecule has 1 heteroatoms. The Balaban J connectivity index is 3.40. The highest BCUT2D eigenvalue weighted by Crippen LogP contribution is 1.90. The Morgan fingerprint density at radius 2 is 1.67 bits per heavy atom. The van der Waals surface area contributed by atoms with Gasteiger partial charge in [0, 0.05) is 6.42 Å². The van der Waals surface area contributed by atoms with Crippen LogP contribution in [0.15, 0.2) is 0 Å². The van der Waals surface area contributed by atoms with E-state index < -0.39 is 0 Å². The van der Waals surface area contributed by atoms with E-state index in [4.69, 9.17) is 0 Å². The summed E-state index contributed by atoms with van der Waals surface area (Å²) in [5.74, 6) is 6.39. The highest BCUT2D eigenvalue weighted by atomic mass is 15.1. The topological polar surface area (TPSA) is 3.24 Å². The van der Waals surface area contributed by atoms with Crippen LogP contribution in [0.5, 0.6) is 0 Å². The van der Waals surface area contributed by atoms with Gasteiger partial charge < -0.3 is 0 Å². The Kier molecular flexibility index (Phi) is 8.27. The van der Waals surface area contributed by atoms with Crippen molar-refractivity contribution in [1.82, 2.24) is 4.90 Å². The van der Waals surface area contributed by atoms with Crippen LogP contribution in [-0.4, -0.2) is 24.5 Å². The van der Waals surface area contributed by atoms with E-state index in [9.17, 15) is 0 Å². The smallest absolute Gasteiger partial charge is 0.0601 e. The average molecular weight is 167 g/mol. The number of rotatable bonds is 5. The summed E-state index contributed by atoms with van der Waals surface area (Å²) in [5, 5.41) is 0. The molecule has 0 aliphatic rings. The molecule has 0 N–H and O–H groups in total. The summed E-state index contributed by atoms with van der Waals surface area (Å²) in [6, 6.07) is 0. The second-order valence-electron chi connectivity index (χ2n) is 2.92. The second-order valence-corrected chi connectivity index (χ2v) is 2.92. The van der Waals surface area contributed by atoms with Crippen LogP contribution in [0.25, 0.3) is 0 Å². The van der Waals surface area contributed by atoms with Crippen LogP contribution < -0.4 is 0 Å². The Hall–Kier alpha value is -0.480. The molecule has 0 rings (SSSR count). The van der Waals surface area contributed by atoms with Gasteiger partial charge in [0.25, 0.3) is 0 Å². The molecule has 0 unspecified atom stereocenters. The van der Waals surface area contributed by atoms with E-state index in [1.54, 1.807) is 0 Å². The SMILES string of the molecule is CCCCC#CCN(CC)CC. The molecule has 12 heavy (non-hydrogen) atoms. The fourth-order valence-electron chi connectivity index (χ4n) is 0.968. The van der Waals surface area contributed by atoms with Crippen LogP contribution in [0.2, 0.25) is 0 Å². The monoisotopic (exact) mass is 167 g/mol. The maximum atomic E-state index is 3.20. The summed E-state index contributed by atoms with van der Waals surface area (Å²) in [6.45, 7) is 9.72. The third kappa shape index (κ3) is 6.24. The molecule has 0 bridgehead atoms. The maximum absolute atomic E-state index is 3.20. The quantitative estimate of drug-likeness (QED) is 0.449. The molecular formula is C11H21N. The fraction of sp³-hybridized carbons (Fsp3) is 0.818. The number of nitrogens with zero attached hydrogens (tertiary/aromatic N) is 1. The predicted octanol–water partition coefficient (Wildman–Crippen LogP) is 2.52. The first-order valence-corrected chi connectivity index (χ1v) is 5.03. The lowest BCUT2D eigenvalue weighted by atomic mass is 10.2. The van der Waals surface area contributed by atoms with Gasteiger partial charge in [-0.05, 0) is 19.5 Å². The summed E-state index contributed by atoms with van der Waals surface area (Å²) in [5.41, 5.74) is 0. The summed E-state index contributed by atoms with van der Waals surface area (Å²) in [7, 11) is 0. The number of hydrogen-bond acceptors (Lipinski definition) is 1. The van der Waals surface area contributed by atoms with Crippen LogP contribution >= 0.6 is 0 Å². The lowest BCUT2D eigenvalue weighted by Crippen LogP contribution is -2.22. The first-order chi connectivity index (χ1) is 5.85. The van der Waals surface area contributed by atoms with Gasteiger partial charge in [-0.3, -0.25) is 4.90 Å². The van der Waals surface area contributed by atoms with Crippen molar-refractivity contribution >= 4 is 0 Å². The van der Waals surface area contributed by atoms with E-state index in [-0.39, 0.29) is 0 Å². The number of unbranched alkanes of at least 4 members (excludes halogenated alkanes) is 2. The zero-order chi connectivity index (χ0) is 9.23. The first-order valence-electron chi connectivity index (χ1n) is 5.03. The lowest BCUT2D eigenvalue weighted by molar-refractivity contribution is 0.342. The van der Waals surface area contributed by atoms with Gasteiger partial charge >= 0.3 is 0 Å². The molecule has 0 saturated heterocycles. The van der Waals surface area contributed by atoms with Crippen molar-refractivity contribution in [1.29, 1.82) is 0 Å². The highest BCUT2D eigenvalue weighted by molar-refractivity contribution is 5.00. The van der Waals surface area contributed by atoms with Crippen molar-refractivity contribution < 1.29 is 0 Å². The molecule has 0 aromatic rings. The molecule has 0 amide bonds. The summed E-state index contributed by atoms with van der Waals surface area (Å²) < 4.78 is 0. The molecule has 0 spiro atoms. The third-order valence-electron chi connectivity index (χ3n) is 1.98. The summed E-state index contributed by atoms with van der Waals surface area (Å²) >= 11 is 0. The van der Waals surface area contributed by atoms with Gasteiger partial charge in [0.1, 0.15) is 0 Å². The van der Waals surface area contributed by atoms with Crippen molar-refractivity contribution in [2.24, 2.45) is 0 Å². The number of hydrogen-bond donors (Lipinski definition) is 0. The lowest BCUT2D eigenvalue weighted by Gasteiger charge is -2.13. The molecule has 0 atom stereocenters. The van der Waals surface area contributed by atoms with Gasteiger partial charge in [-0.2, -0.15) is 0 Å².